The third-order valence-electron chi connectivity index (χ3n) is 4.86. The highest BCUT2D eigenvalue weighted by atomic mass is 15.0. The van der Waals surface area contributed by atoms with Gasteiger partial charge in [-0.25, -0.2) is 0 Å². The van der Waals surface area contributed by atoms with Gasteiger partial charge in [0, 0.05) is 18.6 Å². The molecule has 0 aromatic rings. The second-order valence-electron chi connectivity index (χ2n) is 6.77. The van der Waals surface area contributed by atoms with Crippen LogP contribution in [0.1, 0.15) is 71.6 Å². The Bertz CT molecular complexity index is 227. The van der Waals surface area contributed by atoms with E-state index in [9.17, 15) is 0 Å². The van der Waals surface area contributed by atoms with E-state index in [1.165, 1.54) is 70.9 Å². The predicted molar refractivity (Wildman–Crippen MR) is 78.9 cm³/mol. The fourth-order valence-corrected chi connectivity index (χ4v) is 3.43. The first kappa shape index (κ1) is 14.3. The average Bonchev–Trinajstić information content (AvgIpc) is 3.13. The van der Waals surface area contributed by atoms with E-state index in [2.05, 4.69) is 24.5 Å². The van der Waals surface area contributed by atoms with Gasteiger partial charge in [-0.15, -0.1) is 0 Å². The highest BCUT2D eigenvalue weighted by molar-refractivity contribution is 4.95. The van der Waals surface area contributed by atoms with E-state index < -0.39 is 0 Å². The van der Waals surface area contributed by atoms with Crippen LogP contribution in [0.15, 0.2) is 0 Å². The molecule has 2 fully saturated rings. The van der Waals surface area contributed by atoms with Gasteiger partial charge in [-0.3, -0.25) is 0 Å². The molecule has 2 rings (SSSR count). The summed E-state index contributed by atoms with van der Waals surface area (Å²) in [5, 5.41) is 7.51. The summed E-state index contributed by atoms with van der Waals surface area (Å²) in [7, 11) is 0. The lowest BCUT2D eigenvalue weighted by atomic mass is 9.99. The topological polar surface area (TPSA) is 24.1 Å². The summed E-state index contributed by atoms with van der Waals surface area (Å²) in [6.45, 7) is 7.18. The Balaban J connectivity index is 1.63. The monoisotopic (exact) mass is 252 g/mol. The van der Waals surface area contributed by atoms with Crippen LogP contribution in [0.5, 0.6) is 0 Å². The largest absolute Gasteiger partial charge is 0.314 e. The molecular formula is C16H32N2. The molecule has 1 heterocycles. The summed E-state index contributed by atoms with van der Waals surface area (Å²) >= 11 is 0. The van der Waals surface area contributed by atoms with Crippen molar-refractivity contribution >= 4 is 0 Å². The first-order valence-corrected chi connectivity index (χ1v) is 8.21. The van der Waals surface area contributed by atoms with Crippen molar-refractivity contribution in [1.82, 2.24) is 10.6 Å². The summed E-state index contributed by atoms with van der Waals surface area (Å²) in [5.41, 5.74) is 0.694. The first-order chi connectivity index (χ1) is 8.74. The van der Waals surface area contributed by atoms with Gasteiger partial charge in [0.1, 0.15) is 0 Å². The summed E-state index contributed by atoms with van der Waals surface area (Å²) in [6, 6.07) is 1.44. The van der Waals surface area contributed by atoms with Crippen LogP contribution in [-0.2, 0) is 0 Å². The number of nitrogens with one attached hydrogen (secondary N) is 2. The van der Waals surface area contributed by atoms with Gasteiger partial charge in [-0.1, -0.05) is 26.2 Å². The van der Waals surface area contributed by atoms with Gasteiger partial charge in [0.2, 0.25) is 0 Å². The molecule has 2 atom stereocenters. The maximum Gasteiger partial charge on any atom is 0.00817 e. The Hall–Kier alpha value is -0.0800. The third kappa shape index (κ3) is 4.55. The van der Waals surface area contributed by atoms with Gasteiger partial charge in [-0.2, -0.15) is 0 Å². The van der Waals surface area contributed by atoms with Gasteiger partial charge < -0.3 is 10.6 Å². The van der Waals surface area contributed by atoms with E-state index in [-0.39, 0.29) is 0 Å². The fraction of sp³-hybridized carbons (Fsp3) is 1.00. The zero-order valence-corrected chi connectivity index (χ0v) is 12.4. The van der Waals surface area contributed by atoms with E-state index in [1.807, 2.05) is 0 Å². The SMILES string of the molecule is CCCC1(CNC(C)CC2CCCCCN2)CC1. The molecule has 0 spiro atoms. The molecule has 0 bridgehead atoms. The van der Waals surface area contributed by atoms with Crippen LogP contribution in [0.2, 0.25) is 0 Å². The number of rotatable bonds is 7. The minimum Gasteiger partial charge on any atom is -0.314 e. The Morgan fingerprint density at radius 1 is 1.28 bits per heavy atom. The molecule has 1 aliphatic carbocycles. The lowest BCUT2D eigenvalue weighted by Gasteiger charge is -2.24. The van der Waals surface area contributed by atoms with Crippen molar-refractivity contribution in [3.8, 4) is 0 Å². The summed E-state index contributed by atoms with van der Waals surface area (Å²) < 4.78 is 0. The van der Waals surface area contributed by atoms with E-state index >= 15 is 0 Å². The van der Waals surface area contributed by atoms with Gasteiger partial charge in [-0.05, 0) is 57.4 Å². The maximum absolute atomic E-state index is 3.80. The summed E-state index contributed by atoms with van der Waals surface area (Å²) in [5.74, 6) is 0. The molecule has 1 saturated heterocycles. The molecule has 106 valence electrons. The molecule has 0 aromatic carbocycles. The van der Waals surface area contributed by atoms with Crippen LogP contribution >= 0.6 is 0 Å². The smallest absolute Gasteiger partial charge is 0.00817 e. The molecule has 1 aliphatic heterocycles. The summed E-state index contributed by atoms with van der Waals surface area (Å²) in [4.78, 5) is 0. The van der Waals surface area contributed by atoms with Gasteiger partial charge in [0.25, 0.3) is 0 Å². The maximum atomic E-state index is 3.80. The van der Waals surface area contributed by atoms with Crippen molar-refractivity contribution in [3.05, 3.63) is 0 Å². The molecule has 2 N–H and O–H groups in total. The first-order valence-electron chi connectivity index (χ1n) is 8.21. The third-order valence-corrected chi connectivity index (χ3v) is 4.86. The van der Waals surface area contributed by atoms with E-state index in [1.54, 1.807) is 0 Å². The van der Waals surface area contributed by atoms with Crippen LogP contribution in [0, 0.1) is 5.41 Å². The van der Waals surface area contributed by atoms with E-state index in [0.717, 1.165) is 6.04 Å². The highest BCUT2D eigenvalue weighted by Gasteiger charge is 2.41. The Morgan fingerprint density at radius 2 is 2.11 bits per heavy atom. The predicted octanol–water partition coefficient (Wildman–Crippen LogP) is 3.47. The molecule has 2 unspecified atom stereocenters. The number of hydrogen-bond acceptors (Lipinski definition) is 2. The van der Waals surface area contributed by atoms with Crippen molar-refractivity contribution in [2.75, 3.05) is 13.1 Å². The second kappa shape index (κ2) is 6.91. The van der Waals surface area contributed by atoms with Gasteiger partial charge in [0.05, 0.1) is 0 Å². The average molecular weight is 252 g/mol. The lowest BCUT2D eigenvalue weighted by molar-refractivity contribution is 0.354. The molecule has 2 heteroatoms. The zero-order chi connectivity index (χ0) is 12.8. The minimum atomic E-state index is 0.676. The number of hydrogen-bond donors (Lipinski definition) is 2. The lowest BCUT2D eigenvalue weighted by Crippen LogP contribution is -2.39. The molecule has 2 nitrogen and oxygen atoms in total. The van der Waals surface area contributed by atoms with Crippen LogP contribution in [0.3, 0.4) is 0 Å². The van der Waals surface area contributed by atoms with Crippen LogP contribution in [0.25, 0.3) is 0 Å². The molecular weight excluding hydrogens is 220 g/mol. The quantitative estimate of drug-likeness (QED) is 0.725. The van der Waals surface area contributed by atoms with Crippen LogP contribution in [-0.4, -0.2) is 25.2 Å². The normalized spacial score (nSPS) is 28.7. The van der Waals surface area contributed by atoms with Crippen LogP contribution < -0.4 is 10.6 Å². The van der Waals surface area contributed by atoms with Crippen LogP contribution in [0.4, 0.5) is 0 Å². The van der Waals surface area contributed by atoms with E-state index in [4.69, 9.17) is 0 Å². The molecule has 0 aromatic heterocycles. The standard InChI is InChI=1S/C16H32N2/c1-3-8-16(9-10-16)13-18-14(2)12-15-7-5-4-6-11-17-15/h14-15,17-18H,3-13H2,1-2H3. The fourth-order valence-electron chi connectivity index (χ4n) is 3.43. The van der Waals surface area contributed by atoms with Crippen molar-refractivity contribution < 1.29 is 0 Å². The summed E-state index contributed by atoms with van der Waals surface area (Å²) in [6.07, 6.45) is 12.6. The highest BCUT2D eigenvalue weighted by Crippen LogP contribution is 2.49. The minimum absolute atomic E-state index is 0.676. The Kier molecular flexibility index (Phi) is 5.50. The second-order valence-corrected chi connectivity index (χ2v) is 6.77. The van der Waals surface area contributed by atoms with Gasteiger partial charge >= 0.3 is 0 Å². The Labute approximate surface area is 113 Å². The van der Waals surface area contributed by atoms with Crippen molar-refractivity contribution in [3.63, 3.8) is 0 Å². The zero-order valence-electron chi connectivity index (χ0n) is 12.4. The van der Waals surface area contributed by atoms with Crippen molar-refractivity contribution in [1.29, 1.82) is 0 Å². The molecule has 0 radical (unpaired) electrons. The molecule has 18 heavy (non-hydrogen) atoms. The van der Waals surface area contributed by atoms with Crippen molar-refractivity contribution in [2.24, 2.45) is 5.41 Å². The molecule has 0 amide bonds. The molecule has 1 saturated carbocycles. The van der Waals surface area contributed by atoms with Gasteiger partial charge in [0.15, 0.2) is 0 Å². The Morgan fingerprint density at radius 3 is 2.83 bits per heavy atom. The van der Waals surface area contributed by atoms with E-state index in [0.29, 0.717) is 11.5 Å². The molecule has 2 aliphatic rings. The van der Waals surface area contributed by atoms with Crippen molar-refractivity contribution in [2.45, 2.75) is 83.7 Å².